The van der Waals surface area contributed by atoms with Gasteiger partial charge in [0.25, 0.3) is 0 Å². The van der Waals surface area contributed by atoms with Gasteiger partial charge in [-0.2, -0.15) is 0 Å². The lowest BCUT2D eigenvalue weighted by Crippen LogP contribution is -2.24. The van der Waals surface area contributed by atoms with E-state index in [0.29, 0.717) is 5.56 Å². The highest BCUT2D eigenvalue weighted by Crippen LogP contribution is 2.16. The van der Waals surface area contributed by atoms with E-state index >= 15 is 0 Å². The SMILES string of the molecule is C=CCN(CCCCC)c1ccc(C(=O)O)cc1. The quantitative estimate of drug-likeness (QED) is 0.564. The van der Waals surface area contributed by atoms with Crippen LogP contribution in [0.4, 0.5) is 5.69 Å². The Morgan fingerprint density at radius 3 is 2.50 bits per heavy atom. The summed E-state index contributed by atoms with van der Waals surface area (Å²) in [6, 6.07) is 7.01. The Kier molecular flexibility index (Phi) is 5.98. The Hall–Kier alpha value is -1.77. The van der Waals surface area contributed by atoms with Gasteiger partial charge in [-0.25, -0.2) is 4.79 Å². The van der Waals surface area contributed by atoms with Crippen molar-refractivity contribution in [3.8, 4) is 0 Å². The van der Waals surface area contributed by atoms with Crippen molar-refractivity contribution in [1.29, 1.82) is 0 Å². The predicted octanol–water partition coefficient (Wildman–Crippen LogP) is 3.57. The van der Waals surface area contributed by atoms with E-state index in [1.165, 1.54) is 12.8 Å². The van der Waals surface area contributed by atoms with Gasteiger partial charge < -0.3 is 10.0 Å². The van der Waals surface area contributed by atoms with Gasteiger partial charge in [-0.15, -0.1) is 6.58 Å². The van der Waals surface area contributed by atoms with Crippen LogP contribution in [0, 0.1) is 0 Å². The summed E-state index contributed by atoms with van der Waals surface area (Å²) < 4.78 is 0. The summed E-state index contributed by atoms with van der Waals surface area (Å²) in [7, 11) is 0. The molecule has 98 valence electrons. The summed E-state index contributed by atoms with van der Waals surface area (Å²) in [4.78, 5) is 13.0. The maximum atomic E-state index is 10.8. The van der Waals surface area contributed by atoms with Gasteiger partial charge in [-0.1, -0.05) is 25.8 Å². The van der Waals surface area contributed by atoms with Crippen LogP contribution in [-0.4, -0.2) is 24.2 Å². The van der Waals surface area contributed by atoms with Gasteiger partial charge in [0.1, 0.15) is 0 Å². The number of anilines is 1. The van der Waals surface area contributed by atoms with Gasteiger partial charge in [0.05, 0.1) is 5.56 Å². The normalized spacial score (nSPS) is 10.1. The molecule has 0 saturated heterocycles. The van der Waals surface area contributed by atoms with E-state index in [-0.39, 0.29) is 0 Å². The van der Waals surface area contributed by atoms with E-state index in [9.17, 15) is 4.79 Å². The first-order valence-corrected chi connectivity index (χ1v) is 6.38. The Morgan fingerprint density at radius 2 is 2.00 bits per heavy atom. The maximum Gasteiger partial charge on any atom is 0.335 e. The molecule has 0 fully saturated rings. The molecule has 0 saturated carbocycles. The van der Waals surface area contributed by atoms with Crippen LogP contribution < -0.4 is 4.90 Å². The van der Waals surface area contributed by atoms with Crippen molar-refractivity contribution in [2.75, 3.05) is 18.0 Å². The van der Waals surface area contributed by atoms with Crippen molar-refractivity contribution < 1.29 is 9.90 Å². The molecule has 1 N–H and O–H groups in total. The zero-order chi connectivity index (χ0) is 13.4. The predicted molar refractivity (Wildman–Crippen MR) is 75.3 cm³/mol. The highest BCUT2D eigenvalue weighted by Gasteiger charge is 2.06. The van der Waals surface area contributed by atoms with Crippen molar-refractivity contribution in [2.24, 2.45) is 0 Å². The molecule has 0 spiro atoms. The number of hydrogen-bond donors (Lipinski definition) is 1. The van der Waals surface area contributed by atoms with Gasteiger partial charge in [0.15, 0.2) is 0 Å². The number of unbranched alkanes of at least 4 members (excludes halogenated alkanes) is 2. The van der Waals surface area contributed by atoms with Gasteiger partial charge in [0.2, 0.25) is 0 Å². The molecule has 0 unspecified atom stereocenters. The number of carboxylic acid groups (broad SMARTS) is 1. The molecule has 0 aliphatic rings. The summed E-state index contributed by atoms with van der Waals surface area (Å²) in [6.07, 6.45) is 5.42. The molecule has 3 nitrogen and oxygen atoms in total. The second-order valence-corrected chi connectivity index (χ2v) is 4.29. The highest BCUT2D eigenvalue weighted by atomic mass is 16.4. The second-order valence-electron chi connectivity index (χ2n) is 4.29. The van der Waals surface area contributed by atoms with E-state index in [1.54, 1.807) is 12.1 Å². The summed E-state index contributed by atoms with van der Waals surface area (Å²) in [5.41, 5.74) is 1.38. The first-order valence-electron chi connectivity index (χ1n) is 6.38. The fraction of sp³-hybridized carbons (Fsp3) is 0.400. The molecule has 1 aromatic carbocycles. The molecule has 0 radical (unpaired) electrons. The minimum absolute atomic E-state index is 0.325. The van der Waals surface area contributed by atoms with Crippen LogP contribution in [0.25, 0.3) is 0 Å². The molecule has 0 amide bonds. The fourth-order valence-electron chi connectivity index (χ4n) is 1.85. The Balaban J connectivity index is 2.71. The number of benzene rings is 1. The van der Waals surface area contributed by atoms with Crippen molar-refractivity contribution in [1.82, 2.24) is 0 Å². The largest absolute Gasteiger partial charge is 0.478 e. The fourth-order valence-corrected chi connectivity index (χ4v) is 1.85. The number of carbonyl (C=O) groups is 1. The van der Waals surface area contributed by atoms with Crippen molar-refractivity contribution >= 4 is 11.7 Å². The van der Waals surface area contributed by atoms with Gasteiger partial charge in [-0.05, 0) is 30.7 Å². The first-order chi connectivity index (χ1) is 8.69. The lowest BCUT2D eigenvalue weighted by Gasteiger charge is -2.23. The zero-order valence-electron chi connectivity index (χ0n) is 10.9. The van der Waals surface area contributed by atoms with Crippen LogP contribution >= 0.6 is 0 Å². The highest BCUT2D eigenvalue weighted by molar-refractivity contribution is 5.88. The standard InChI is InChI=1S/C15H21NO2/c1-3-5-6-12-16(11-4-2)14-9-7-13(8-10-14)15(17)18/h4,7-10H,2-3,5-6,11-12H2,1H3,(H,17,18). The smallest absolute Gasteiger partial charge is 0.335 e. The molecular weight excluding hydrogens is 226 g/mol. The Morgan fingerprint density at radius 1 is 1.33 bits per heavy atom. The number of rotatable bonds is 8. The van der Waals surface area contributed by atoms with Gasteiger partial charge in [0, 0.05) is 18.8 Å². The molecular formula is C15H21NO2. The number of nitrogens with zero attached hydrogens (tertiary/aromatic N) is 1. The Labute approximate surface area is 109 Å². The molecule has 18 heavy (non-hydrogen) atoms. The van der Waals surface area contributed by atoms with Crippen molar-refractivity contribution in [3.05, 3.63) is 42.5 Å². The maximum absolute atomic E-state index is 10.8. The van der Waals surface area contributed by atoms with Crippen LogP contribution in [-0.2, 0) is 0 Å². The monoisotopic (exact) mass is 247 g/mol. The average molecular weight is 247 g/mol. The third kappa shape index (κ3) is 4.24. The molecule has 1 rings (SSSR count). The molecule has 0 aliphatic heterocycles. The minimum atomic E-state index is -0.886. The third-order valence-electron chi connectivity index (χ3n) is 2.86. The molecule has 1 aromatic rings. The van der Waals surface area contributed by atoms with Gasteiger partial charge >= 0.3 is 5.97 Å². The van der Waals surface area contributed by atoms with Crippen LogP contribution in [0.2, 0.25) is 0 Å². The van der Waals surface area contributed by atoms with E-state index in [1.807, 2.05) is 18.2 Å². The lowest BCUT2D eigenvalue weighted by molar-refractivity contribution is 0.0697. The lowest BCUT2D eigenvalue weighted by atomic mass is 10.2. The van der Waals surface area contributed by atoms with Crippen molar-refractivity contribution in [2.45, 2.75) is 26.2 Å². The summed E-state index contributed by atoms with van der Waals surface area (Å²) in [5.74, 6) is -0.886. The summed E-state index contributed by atoms with van der Waals surface area (Å²) in [5, 5.41) is 8.86. The van der Waals surface area contributed by atoms with E-state index < -0.39 is 5.97 Å². The van der Waals surface area contributed by atoms with E-state index in [2.05, 4.69) is 18.4 Å². The topological polar surface area (TPSA) is 40.5 Å². The molecule has 0 heterocycles. The van der Waals surface area contributed by atoms with Crippen LogP contribution in [0.15, 0.2) is 36.9 Å². The average Bonchev–Trinajstić information content (AvgIpc) is 2.38. The Bertz CT molecular complexity index is 384. The molecule has 0 aliphatic carbocycles. The van der Waals surface area contributed by atoms with E-state index in [0.717, 1.165) is 25.2 Å². The molecule has 0 atom stereocenters. The first kappa shape index (κ1) is 14.3. The second kappa shape index (κ2) is 7.54. The number of aromatic carboxylic acids is 1. The van der Waals surface area contributed by atoms with Crippen molar-refractivity contribution in [3.63, 3.8) is 0 Å². The summed E-state index contributed by atoms with van der Waals surface area (Å²) in [6.45, 7) is 7.71. The number of carboxylic acids is 1. The third-order valence-corrected chi connectivity index (χ3v) is 2.86. The summed E-state index contributed by atoms with van der Waals surface area (Å²) >= 11 is 0. The van der Waals surface area contributed by atoms with Gasteiger partial charge in [-0.3, -0.25) is 0 Å². The van der Waals surface area contributed by atoms with Crippen LogP contribution in [0.1, 0.15) is 36.5 Å². The molecule has 0 bridgehead atoms. The minimum Gasteiger partial charge on any atom is -0.478 e. The zero-order valence-corrected chi connectivity index (χ0v) is 10.9. The number of hydrogen-bond acceptors (Lipinski definition) is 2. The molecule has 3 heteroatoms. The van der Waals surface area contributed by atoms with Crippen LogP contribution in [0.5, 0.6) is 0 Å². The molecule has 0 aromatic heterocycles. The van der Waals surface area contributed by atoms with Crippen LogP contribution in [0.3, 0.4) is 0 Å². The van der Waals surface area contributed by atoms with E-state index in [4.69, 9.17) is 5.11 Å².